The Kier molecular flexibility index (Phi) is 25.5. The summed E-state index contributed by atoms with van der Waals surface area (Å²) >= 11 is 0. The normalized spacial score (nSPS) is 12.1. The summed E-state index contributed by atoms with van der Waals surface area (Å²) in [5, 5.41) is 3.34. The summed E-state index contributed by atoms with van der Waals surface area (Å²) in [5.41, 5.74) is 4.71. The molecule has 194 valence electrons. The summed E-state index contributed by atoms with van der Waals surface area (Å²) in [6.45, 7) is 23.5. The third kappa shape index (κ3) is 18.2. The van der Waals surface area contributed by atoms with E-state index in [1.165, 1.54) is 17.5 Å². The first-order chi connectivity index (χ1) is 15.8. The van der Waals surface area contributed by atoms with Gasteiger partial charge < -0.3 is 5.32 Å². The van der Waals surface area contributed by atoms with Gasteiger partial charge in [-0.1, -0.05) is 125 Å². The van der Waals surface area contributed by atoms with Gasteiger partial charge in [0.1, 0.15) is 6.54 Å². The molecule has 2 aromatic rings. The first kappa shape index (κ1) is 36.3. The van der Waals surface area contributed by atoms with Crippen molar-refractivity contribution < 1.29 is 4.79 Å². The van der Waals surface area contributed by atoms with E-state index in [1.807, 2.05) is 52.0 Å². The van der Waals surface area contributed by atoms with Gasteiger partial charge in [-0.15, -0.1) is 0 Å². The highest BCUT2D eigenvalue weighted by Gasteiger charge is 2.11. The molecule has 0 spiro atoms. The molecule has 0 aromatic heterocycles. The molecule has 0 saturated heterocycles. The van der Waals surface area contributed by atoms with Crippen LogP contribution in [0.15, 0.2) is 53.5 Å². The SMILES string of the molecule is C.CC.CC.CC(C)C.CC(C)C.O=C1CN=Cc2ccccc21.c1ccc2c(c1)CCNC2. The lowest BCUT2D eigenvalue weighted by Crippen LogP contribution is -2.23. The Morgan fingerprint density at radius 2 is 1.24 bits per heavy atom. The van der Waals surface area contributed by atoms with Gasteiger partial charge in [0, 0.05) is 23.9 Å². The van der Waals surface area contributed by atoms with Crippen molar-refractivity contribution in [3.05, 3.63) is 70.8 Å². The van der Waals surface area contributed by atoms with Crippen molar-refractivity contribution in [1.82, 2.24) is 5.32 Å². The number of benzene rings is 2. The predicted octanol–water partition coefficient (Wildman–Crippen LogP) is 8.65. The van der Waals surface area contributed by atoms with E-state index in [2.05, 4.69) is 76.1 Å². The molecule has 2 heterocycles. The Hall–Kier alpha value is -2.26. The number of hydrogen-bond donors (Lipinski definition) is 1. The number of rotatable bonds is 0. The second kappa shape index (κ2) is 23.9. The molecule has 0 radical (unpaired) electrons. The highest BCUT2D eigenvalue weighted by Crippen LogP contribution is 2.12. The Balaban J connectivity index is -0.000000385. The molecule has 0 aliphatic carbocycles. The Morgan fingerprint density at radius 3 is 1.74 bits per heavy atom. The zero-order valence-electron chi connectivity index (χ0n) is 23.0. The van der Waals surface area contributed by atoms with Crippen LogP contribution < -0.4 is 5.32 Å². The number of Topliss-reactive ketones (excluding diaryl/α,β-unsaturated/α-hetero) is 1. The van der Waals surface area contributed by atoms with Crippen LogP contribution in [0.1, 0.15) is 104 Å². The number of carbonyl (C=O) groups excluding carboxylic acids is 1. The number of fused-ring (bicyclic) bond motifs is 2. The molecule has 0 unspecified atom stereocenters. The third-order valence-electron chi connectivity index (χ3n) is 3.73. The van der Waals surface area contributed by atoms with Gasteiger partial charge >= 0.3 is 0 Å². The second-order valence-electron chi connectivity index (χ2n) is 8.64. The number of aliphatic imine (C=N–C) groups is 1. The number of ketones is 1. The van der Waals surface area contributed by atoms with Crippen molar-refractivity contribution in [3.8, 4) is 0 Å². The Morgan fingerprint density at radius 1 is 0.765 bits per heavy atom. The van der Waals surface area contributed by atoms with Crippen LogP contribution in [0.3, 0.4) is 0 Å². The first-order valence-corrected chi connectivity index (χ1v) is 12.7. The molecule has 3 nitrogen and oxygen atoms in total. The quantitative estimate of drug-likeness (QED) is 0.418. The average Bonchev–Trinajstić information content (AvgIpc) is 2.82. The lowest BCUT2D eigenvalue weighted by Gasteiger charge is -2.15. The van der Waals surface area contributed by atoms with Crippen LogP contribution in [0.2, 0.25) is 0 Å². The lowest BCUT2D eigenvalue weighted by molar-refractivity contribution is 0.100. The fraction of sp³-hybridized carbons (Fsp3) is 0.548. The summed E-state index contributed by atoms with van der Waals surface area (Å²) in [4.78, 5) is 15.1. The maximum atomic E-state index is 11.2. The maximum Gasteiger partial charge on any atom is 0.184 e. The van der Waals surface area contributed by atoms with Crippen LogP contribution in [-0.2, 0) is 13.0 Å². The standard InChI is InChI=1S/C9H7NO.C9H11N.2C4H10.2C2H6.CH4/c11-9-6-10-5-7-3-1-2-4-8(7)9;1-2-4-9-7-10-6-5-8(9)3-1;2*1-4(2)3;2*1-2;/h1-5H,6H2;1-4,10H,5-7H2;2*4H,1-3H3;2*1-2H3;1H4. The van der Waals surface area contributed by atoms with E-state index < -0.39 is 0 Å². The van der Waals surface area contributed by atoms with Crippen molar-refractivity contribution in [1.29, 1.82) is 0 Å². The number of nitrogens with one attached hydrogen (secondary N) is 1. The van der Waals surface area contributed by atoms with Gasteiger partial charge in [-0.05, 0) is 35.9 Å². The first-order valence-electron chi connectivity index (χ1n) is 12.7. The van der Waals surface area contributed by atoms with Gasteiger partial charge in [-0.3, -0.25) is 9.79 Å². The minimum atomic E-state index is 0. The third-order valence-corrected chi connectivity index (χ3v) is 3.73. The minimum Gasteiger partial charge on any atom is -0.312 e. The van der Waals surface area contributed by atoms with E-state index in [0.29, 0.717) is 6.54 Å². The number of nitrogens with zero attached hydrogens (tertiary/aromatic N) is 1. The zero-order valence-corrected chi connectivity index (χ0v) is 23.0. The minimum absolute atomic E-state index is 0. The summed E-state index contributed by atoms with van der Waals surface area (Å²) in [7, 11) is 0. The van der Waals surface area contributed by atoms with Gasteiger partial charge in [-0.2, -0.15) is 0 Å². The molecule has 3 heteroatoms. The molecule has 2 aromatic carbocycles. The molecule has 0 saturated carbocycles. The lowest BCUT2D eigenvalue weighted by atomic mass is 10.0. The van der Waals surface area contributed by atoms with Gasteiger partial charge in [0.15, 0.2) is 5.78 Å². The van der Waals surface area contributed by atoms with Crippen molar-refractivity contribution in [2.45, 2.75) is 89.6 Å². The molecule has 2 aliphatic rings. The van der Waals surface area contributed by atoms with Crippen LogP contribution in [0.25, 0.3) is 0 Å². The zero-order chi connectivity index (χ0) is 25.6. The van der Waals surface area contributed by atoms with Gasteiger partial charge in [-0.25, -0.2) is 0 Å². The van der Waals surface area contributed by atoms with Crippen LogP contribution in [-0.4, -0.2) is 25.1 Å². The van der Waals surface area contributed by atoms with Crippen molar-refractivity contribution in [2.24, 2.45) is 16.8 Å². The highest BCUT2D eigenvalue weighted by atomic mass is 16.1. The van der Waals surface area contributed by atoms with E-state index in [4.69, 9.17) is 0 Å². The highest BCUT2D eigenvalue weighted by molar-refractivity contribution is 6.07. The van der Waals surface area contributed by atoms with E-state index in [-0.39, 0.29) is 13.2 Å². The van der Waals surface area contributed by atoms with Crippen LogP contribution >= 0.6 is 0 Å². The fourth-order valence-corrected chi connectivity index (χ4v) is 2.60. The van der Waals surface area contributed by atoms with E-state index in [0.717, 1.165) is 36.1 Å². The Labute approximate surface area is 212 Å². The molecule has 2 aliphatic heterocycles. The predicted molar refractivity (Wildman–Crippen MR) is 156 cm³/mol. The smallest absolute Gasteiger partial charge is 0.184 e. The maximum absolute atomic E-state index is 11.2. The monoisotopic (exact) mass is 470 g/mol. The van der Waals surface area contributed by atoms with Crippen molar-refractivity contribution >= 4 is 12.0 Å². The van der Waals surface area contributed by atoms with Gasteiger partial charge in [0.05, 0.1) is 0 Å². The number of hydrogen-bond acceptors (Lipinski definition) is 3. The molecule has 1 N–H and O–H groups in total. The molecule has 0 bridgehead atoms. The molecule has 34 heavy (non-hydrogen) atoms. The molecular weight excluding hydrogens is 416 g/mol. The van der Waals surface area contributed by atoms with Crippen LogP contribution in [0.5, 0.6) is 0 Å². The number of carbonyl (C=O) groups is 1. The van der Waals surface area contributed by atoms with Crippen molar-refractivity contribution in [2.75, 3.05) is 13.1 Å². The fourth-order valence-electron chi connectivity index (χ4n) is 2.60. The average molecular weight is 471 g/mol. The summed E-state index contributed by atoms with van der Waals surface area (Å²) < 4.78 is 0. The van der Waals surface area contributed by atoms with Gasteiger partial charge in [0.25, 0.3) is 0 Å². The molecule has 4 rings (SSSR count). The van der Waals surface area contributed by atoms with Crippen LogP contribution in [0.4, 0.5) is 0 Å². The van der Waals surface area contributed by atoms with E-state index >= 15 is 0 Å². The largest absolute Gasteiger partial charge is 0.312 e. The van der Waals surface area contributed by atoms with Gasteiger partial charge in [0.2, 0.25) is 0 Å². The second-order valence-corrected chi connectivity index (χ2v) is 8.64. The van der Waals surface area contributed by atoms with Crippen LogP contribution in [0, 0.1) is 11.8 Å². The summed E-state index contributed by atoms with van der Waals surface area (Å²) in [6, 6.07) is 16.1. The van der Waals surface area contributed by atoms with E-state index in [1.54, 1.807) is 6.21 Å². The Bertz CT molecular complexity index is 727. The summed E-state index contributed by atoms with van der Waals surface area (Å²) in [6.07, 6.45) is 2.94. The van der Waals surface area contributed by atoms with Crippen molar-refractivity contribution in [3.63, 3.8) is 0 Å². The topological polar surface area (TPSA) is 41.5 Å². The molecule has 0 fully saturated rings. The van der Waals surface area contributed by atoms with E-state index in [9.17, 15) is 4.79 Å². The molecular formula is C31H54N2O. The molecule has 0 amide bonds. The summed E-state index contributed by atoms with van der Waals surface area (Å²) in [5.74, 6) is 1.78. The molecule has 0 atom stereocenters.